The van der Waals surface area contributed by atoms with Crippen molar-refractivity contribution in [3.63, 3.8) is 0 Å². The summed E-state index contributed by atoms with van der Waals surface area (Å²) in [7, 11) is -3.71. The first-order valence-electron chi connectivity index (χ1n) is 8.77. The van der Waals surface area contributed by atoms with Gasteiger partial charge in [0.25, 0.3) is 10.1 Å². The van der Waals surface area contributed by atoms with Crippen molar-refractivity contribution in [1.29, 1.82) is 0 Å². The van der Waals surface area contributed by atoms with Crippen molar-refractivity contribution in [3.05, 3.63) is 41.3 Å². The number of hydrogen-bond donors (Lipinski definition) is 0. The number of hydrogen-bond acceptors (Lipinski definition) is 4. The van der Waals surface area contributed by atoms with E-state index >= 15 is 0 Å². The van der Waals surface area contributed by atoms with Crippen LogP contribution in [0.2, 0.25) is 0 Å². The summed E-state index contributed by atoms with van der Waals surface area (Å²) in [4.78, 5) is 0.0344. The van der Waals surface area contributed by atoms with E-state index in [0.29, 0.717) is 6.42 Å². The molecule has 1 aromatic carbocycles. The number of aryl methyl sites for hydroxylation is 1. The highest BCUT2D eigenvalue weighted by Gasteiger charge is 2.32. The van der Waals surface area contributed by atoms with E-state index in [0.717, 1.165) is 31.4 Å². The average molecular weight is 352 g/mol. The molecule has 0 spiro atoms. The third-order valence-electron chi connectivity index (χ3n) is 4.35. The van der Waals surface area contributed by atoms with Crippen LogP contribution in [0.5, 0.6) is 5.75 Å². The number of rotatable bonds is 8. The van der Waals surface area contributed by atoms with Crippen LogP contribution in [-0.4, -0.2) is 20.6 Å². The van der Waals surface area contributed by atoms with Crippen molar-refractivity contribution in [2.75, 3.05) is 0 Å². The lowest BCUT2D eigenvalue weighted by Crippen LogP contribution is -2.38. The minimum Gasteiger partial charge on any atom is -0.488 e. The molecule has 134 valence electrons. The predicted molar refractivity (Wildman–Crippen MR) is 96.5 cm³/mol. The summed E-state index contributed by atoms with van der Waals surface area (Å²) in [5.41, 5.74) is 1.30. The lowest BCUT2D eigenvalue weighted by molar-refractivity contribution is 0.0279. The summed E-state index contributed by atoms with van der Waals surface area (Å²) in [6.07, 6.45) is 6.20. The third kappa shape index (κ3) is 5.35. The van der Waals surface area contributed by atoms with Gasteiger partial charge in [-0.15, -0.1) is 0 Å². The van der Waals surface area contributed by atoms with E-state index in [-0.39, 0.29) is 11.0 Å². The van der Waals surface area contributed by atoms with Crippen LogP contribution in [0.25, 0.3) is 0 Å². The SMILES string of the molecule is C=C(C)S(=O)(=O)OC1CCCCC1Oc1ccc(CCCC)cc1. The maximum absolute atomic E-state index is 12.0. The smallest absolute Gasteiger partial charge is 0.292 e. The zero-order valence-electron chi connectivity index (χ0n) is 14.7. The van der Waals surface area contributed by atoms with Crippen molar-refractivity contribution >= 4 is 10.1 Å². The van der Waals surface area contributed by atoms with Crippen LogP contribution >= 0.6 is 0 Å². The standard InChI is InChI=1S/C19H28O4S/c1-4-5-8-16-11-13-17(14-12-16)22-18-9-6-7-10-19(18)23-24(20,21)15(2)3/h11-14,18-19H,2,4-10H2,1,3H3. The van der Waals surface area contributed by atoms with Gasteiger partial charge in [0.2, 0.25) is 0 Å². The average Bonchev–Trinajstić information content (AvgIpc) is 2.55. The van der Waals surface area contributed by atoms with Crippen molar-refractivity contribution in [2.24, 2.45) is 0 Å². The normalized spacial score (nSPS) is 21.4. The molecule has 1 saturated carbocycles. The minimum absolute atomic E-state index is 0.0344. The lowest BCUT2D eigenvalue weighted by Gasteiger charge is -2.31. The van der Waals surface area contributed by atoms with Crippen LogP contribution in [0.15, 0.2) is 35.7 Å². The Morgan fingerprint density at radius 3 is 2.38 bits per heavy atom. The highest BCUT2D eigenvalue weighted by molar-refractivity contribution is 7.90. The van der Waals surface area contributed by atoms with Gasteiger partial charge in [-0.05, 0) is 56.7 Å². The van der Waals surface area contributed by atoms with E-state index in [1.165, 1.54) is 25.3 Å². The van der Waals surface area contributed by atoms with Crippen LogP contribution < -0.4 is 4.74 Å². The molecule has 0 aromatic heterocycles. The van der Waals surface area contributed by atoms with E-state index < -0.39 is 16.2 Å². The Balaban J connectivity index is 2.01. The van der Waals surface area contributed by atoms with E-state index in [9.17, 15) is 8.42 Å². The van der Waals surface area contributed by atoms with Crippen LogP contribution in [0.3, 0.4) is 0 Å². The molecule has 0 aliphatic heterocycles. The molecule has 0 heterocycles. The zero-order chi connectivity index (χ0) is 17.6. The largest absolute Gasteiger partial charge is 0.488 e. The summed E-state index contributed by atoms with van der Waals surface area (Å²) in [6, 6.07) is 8.08. The Morgan fingerprint density at radius 1 is 1.17 bits per heavy atom. The second-order valence-electron chi connectivity index (χ2n) is 6.48. The third-order valence-corrected chi connectivity index (χ3v) is 5.70. The van der Waals surface area contributed by atoms with Gasteiger partial charge in [0.1, 0.15) is 18.0 Å². The van der Waals surface area contributed by atoms with E-state index in [1.807, 2.05) is 12.1 Å². The van der Waals surface area contributed by atoms with Crippen LogP contribution in [0.4, 0.5) is 0 Å². The first kappa shape index (κ1) is 19.0. The zero-order valence-corrected chi connectivity index (χ0v) is 15.5. The Kier molecular flexibility index (Phi) is 6.87. The van der Waals surface area contributed by atoms with Crippen molar-refractivity contribution < 1.29 is 17.3 Å². The van der Waals surface area contributed by atoms with Crippen LogP contribution in [0, 0.1) is 0 Å². The molecule has 2 atom stereocenters. The molecule has 1 aliphatic carbocycles. The maximum atomic E-state index is 12.0. The fraction of sp³-hybridized carbons (Fsp3) is 0.579. The van der Waals surface area contributed by atoms with E-state index in [2.05, 4.69) is 25.6 Å². The summed E-state index contributed by atoms with van der Waals surface area (Å²) >= 11 is 0. The van der Waals surface area contributed by atoms with Gasteiger partial charge in [0, 0.05) is 0 Å². The Morgan fingerprint density at radius 2 is 1.79 bits per heavy atom. The van der Waals surface area contributed by atoms with E-state index in [1.54, 1.807) is 0 Å². The molecular weight excluding hydrogens is 324 g/mol. The predicted octanol–water partition coefficient (Wildman–Crippen LogP) is 4.60. The second kappa shape index (κ2) is 8.67. The second-order valence-corrected chi connectivity index (χ2v) is 8.28. The Hall–Kier alpha value is -1.33. The van der Waals surface area contributed by atoms with Crippen molar-refractivity contribution in [2.45, 2.75) is 71.0 Å². The first-order valence-corrected chi connectivity index (χ1v) is 10.2. The molecule has 2 unspecified atom stereocenters. The van der Waals surface area contributed by atoms with Gasteiger partial charge in [-0.2, -0.15) is 8.42 Å². The van der Waals surface area contributed by atoms with Crippen molar-refractivity contribution in [1.82, 2.24) is 0 Å². The molecule has 24 heavy (non-hydrogen) atoms. The fourth-order valence-electron chi connectivity index (χ4n) is 2.84. The van der Waals surface area contributed by atoms with Crippen molar-refractivity contribution in [3.8, 4) is 5.75 Å². The molecular formula is C19H28O4S. The Labute approximate surface area is 146 Å². The van der Waals surface area contributed by atoms with Crippen LogP contribution in [-0.2, 0) is 20.7 Å². The molecule has 0 amide bonds. The van der Waals surface area contributed by atoms with Gasteiger partial charge in [-0.3, -0.25) is 4.18 Å². The van der Waals surface area contributed by atoms with Gasteiger partial charge in [0.15, 0.2) is 0 Å². The topological polar surface area (TPSA) is 52.6 Å². The summed E-state index contributed by atoms with van der Waals surface area (Å²) in [5, 5.41) is 0. The molecule has 4 nitrogen and oxygen atoms in total. The first-order chi connectivity index (χ1) is 11.4. The van der Waals surface area contributed by atoms with Gasteiger partial charge in [-0.25, -0.2) is 0 Å². The molecule has 5 heteroatoms. The quantitative estimate of drug-likeness (QED) is 0.642. The molecule has 1 fully saturated rings. The summed E-state index contributed by atoms with van der Waals surface area (Å²) in [6.45, 7) is 7.11. The van der Waals surface area contributed by atoms with Crippen LogP contribution in [0.1, 0.15) is 57.9 Å². The van der Waals surface area contributed by atoms with Gasteiger partial charge < -0.3 is 4.74 Å². The van der Waals surface area contributed by atoms with E-state index in [4.69, 9.17) is 8.92 Å². The molecule has 1 aliphatic rings. The number of ether oxygens (including phenoxy) is 1. The lowest BCUT2D eigenvalue weighted by atomic mass is 9.95. The highest BCUT2D eigenvalue weighted by atomic mass is 32.2. The molecule has 2 rings (SSSR count). The monoisotopic (exact) mass is 352 g/mol. The number of benzene rings is 1. The van der Waals surface area contributed by atoms with Gasteiger partial charge in [-0.1, -0.05) is 38.5 Å². The maximum Gasteiger partial charge on any atom is 0.292 e. The minimum atomic E-state index is -3.71. The highest BCUT2D eigenvalue weighted by Crippen LogP contribution is 2.28. The fourth-order valence-corrected chi connectivity index (χ4v) is 3.55. The molecule has 0 saturated heterocycles. The molecule has 0 N–H and O–H groups in total. The Bertz CT molecular complexity index is 634. The molecule has 0 radical (unpaired) electrons. The summed E-state index contributed by atoms with van der Waals surface area (Å²) < 4.78 is 35.3. The molecule has 0 bridgehead atoms. The number of unbranched alkanes of at least 4 members (excludes halogenated alkanes) is 1. The number of allylic oxidation sites excluding steroid dienone is 1. The summed E-state index contributed by atoms with van der Waals surface area (Å²) in [5.74, 6) is 0.767. The molecule has 1 aromatic rings. The van der Waals surface area contributed by atoms with Gasteiger partial charge >= 0.3 is 0 Å². The van der Waals surface area contributed by atoms with Gasteiger partial charge in [0.05, 0.1) is 4.91 Å².